The Hall–Kier alpha value is -2.47. The summed E-state index contributed by atoms with van der Waals surface area (Å²) in [7, 11) is -2.35. The van der Waals surface area contributed by atoms with Gasteiger partial charge in [0.25, 0.3) is 10.0 Å². The smallest absolute Gasteiger partial charge is 0.282 e. The lowest BCUT2D eigenvalue weighted by atomic mass is 10.1. The molecule has 0 atom stereocenters. The van der Waals surface area contributed by atoms with Gasteiger partial charge in [0.1, 0.15) is 5.75 Å². The number of nitrogens with zero attached hydrogens (tertiary/aromatic N) is 1. The van der Waals surface area contributed by atoms with E-state index in [1.54, 1.807) is 18.2 Å². The summed E-state index contributed by atoms with van der Waals surface area (Å²) in [5, 5.41) is 6.99. The van der Waals surface area contributed by atoms with Gasteiger partial charge >= 0.3 is 0 Å². The van der Waals surface area contributed by atoms with E-state index in [1.807, 2.05) is 0 Å². The maximum atomic E-state index is 12.3. The molecular weight excluding hydrogens is 302 g/mol. The third kappa shape index (κ3) is 3.40. The van der Waals surface area contributed by atoms with Crippen molar-refractivity contribution in [2.75, 3.05) is 7.11 Å². The van der Waals surface area contributed by atoms with Gasteiger partial charge in [0, 0.05) is 17.7 Å². The molecule has 1 aliphatic carbocycles. The van der Waals surface area contributed by atoms with Crippen molar-refractivity contribution in [1.82, 2.24) is 0 Å². The van der Waals surface area contributed by atoms with E-state index in [1.165, 1.54) is 31.4 Å². The van der Waals surface area contributed by atoms with Crippen molar-refractivity contribution in [3.8, 4) is 5.75 Å². The first kappa shape index (κ1) is 15.9. The number of benzene rings is 1. The van der Waals surface area contributed by atoms with E-state index in [0.717, 1.165) is 0 Å². The minimum atomic E-state index is -3.84. The Bertz CT molecular complexity index is 812. The summed E-state index contributed by atoms with van der Waals surface area (Å²) >= 11 is 0. The van der Waals surface area contributed by atoms with Gasteiger partial charge in [-0.3, -0.25) is 5.41 Å². The second-order valence-corrected chi connectivity index (χ2v) is 6.02. The van der Waals surface area contributed by atoms with Crippen LogP contribution in [0.15, 0.2) is 57.4 Å². The van der Waals surface area contributed by atoms with Crippen LogP contribution in [0.4, 0.5) is 0 Å². The molecule has 0 radical (unpaired) electrons. The van der Waals surface area contributed by atoms with Crippen LogP contribution in [-0.2, 0) is 16.6 Å². The zero-order chi connectivity index (χ0) is 16.2. The molecule has 0 amide bonds. The van der Waals surface area contributed by atoms with Crippen molar-refractivity contribution in [3.05, 3.63) is 53.6 Å². The molecule has 6 nitrogen and oxygen atoms in total. The van der Waals surface area contributed by atoms with Crippen LogP contribution in [0.1, 0.15) is 5.56 Å². The Labute approximate surface area is 128 Å². The quantitative estimate of drug-likeness (QED) is 0.822. The molecule has 114 valence electrons. The zero-order valence-corrected chi connectivity index (χ0v) is 12.7. The summed E-state index contributed by atoms with van der Waals surface area (Å²) in [6.45, 7) is 0.163. The number of methoxy groups -OCH3 is 1. The van der Waals surface area contributed by atoms with Gasteiger partial charge in [-0.25, -0.2) is 0 Å². The minimum Gasteiger partial charge on any atom is -0.496 e. The van der Waals surface area contributed by atoms with E-state index in [4.69, 9.17) is 15.9 Å². The molecule has 22 heavy (non-hydrogen) atoms. The summed E-state index contributed by atoms with van der Waals surface area (Å²) in [5.74, 6) is 2.74. The number of rotatable bonds is 4. The van der Waals surface area contributed by atoms with Crippen LogP contribution in [0.5, 0.6) is 5.75 Å². The van der Waals surface area contributed by atoms with Gasteiger partial charge in [-0.1, -0.05) is 0 Å². The van der Waals surface area contributed by atoms with E-state index < -0.39 is 10.0 Å². The normalized spacial score (nSPS) is 13.9. The number of hydrogen-bond donors (Lipinski definition) is 2. The van der Waals surface area contributed by atoms with E-state index in [-0.39, 0.29) is 17.2 Å². The van der Waals surface area contributed by atoms with Crippen LogP contribution < -0.4 is 10.5 Å². The van der Waals surface area contributed by atoms with Gasteiger partial charge in [-0.05, 0) is 48.4 Å². The van der Waals surface area contributed by atoms with E-state index in [9.17, 15) is 8.42 Å². The Morgan fingerprint density at radius 1 is 1.27 bits per heavy atom. The minimum absolute atomic E-state index is 0.0523. The Morgan fingerprint density at radius 2 is 1.95 bits per heavy atom. The average Bonchev–Trinajstić information content (AvgIpc) is 2.54. The van der Waals surface area contributed by atoms with Gasteiger partial charge in [-0.15, -0.1) is 0 Å². The Kier molecular flexibility index (Phi) is 4.72. The summed E-state index contributed by atoms with van der Waals surface area (Å²) in [5.41, 5.74) is 7.01. The molecular formula is C15H15N3O3S. The second-order valence-electron chi connectivity index (χ2n) is 4.42. The molecule has 0 fully saturated rings. The first-order valence-electron chi connectivity index (χ1n) is 6.38. The largest absolute Gasteiger partial charge is 0.496 e. The Balaban J connectivity index is 2.40. The lowest BCUT2D eigenvalue weighted by Gasteiger charge is -2.08. The predicted octanol–water partition coefficient (Wildman–Crippen LogP) is 1.58. The van der Waals surface area contributed by atoms with Gasteiger partial charge in [-0.2, -0.15) is 12.8 Å². The molecule has 0 aromatic heterocycles. The first-order valence-corrected chi connectivity index (χ1v) is 7.82. The maximum absolute atomic E-state index is 12.3. The van der Waals surface area contributed by atoms with E-state index in [2.05, 4.69) is 10.3 Å². The van der Waals surface area contributed by atoms with Crippen molar-refractivity contribution in [3.63, 3.8) is 0 Å². The molecule has 0 aliphatic heterocycles. The van der Waals surface area contributed by atoms with Crippen LogP contribution in [0.2, 0.25) is 0 Å². The predicted molar refractivity (Wildman–Crippen MR) is 85.0 cm³/mol. The molecule has 1 aliphatic rings. The van der Waals surface area contributed by atoms with Gasteiger partial charge in [0.2, 0.25) is 0 Å². The molecule has 1 aromatic rings. The highest BCUT2D eigenvalue weighted by Crippen LogP contribution is 2.23. The highest BCUT2D eigenvalue weighted by Gasteiger charge is 2.16. The lowest BCUT2D eigenvalue weighted by Crippen LogP contribution is -2.06. The maximum Gasteiger partial charge on any atom is 0.282 e. The molecule has 0 heterocycles. The topological polar surface area (TPSA) is 106 Å². The molecule has 0 saturated carbocycles. The van der Waals surface area contributed by atoms with Crippen molar-refractivity contribution in [2.45, 2.75) is 11.4 Å². The standard InChI is InChI=1S/C15H15N3O3S/c1-21-15-7-6-14(8-12(15)10-17)22(19,20)18-13-4-2-11(9-16)3-5-13/h2-8,16H,10,17H2,1H3. The van der Waals surface area contributed by atoms with Crippen LogP contribution >= 0.6 is 0 Å². The summed E-state index contributed by atoms with van der Waals surface area (Å²) in [6.07, 6.45) is 6.17. The third-order valence-electron chi connectivity index (χ3n) is 3.01. The van der Waals surface area contributed by atoms with Gasteiger partial charge < -0.3 is 10.5 Å². The molecule has 1 aromatic carbocycles. The zero-order valence-electron chi connectivity index (χ0n) is 11.9. The SMILES string of the molecule is COc1ccc(S(=O)(=O)N=C2C=CC(=C=N)C=C2)cc1CN. The van der Waals surface area contributed by atoms with Crippen LogP contribution in [0, 0.1) is 5.41 Å². The highest BCUT2D eigenvalue weighted by molar-refractivity contribution is 7.90. The van der Waals surface area contributed by atoms with E-state index in [0.29, 0.717) is 16.9 Å². The van der Waals surface area contributed by atoms with Crippen molar-refractivity contribution < 1.29 is 13.2 Å². The molecule has 0 saturated heterocycles. The molecule has 0 unspecified atom stereocenters. The molecule has 3 N–H and O–H groups in total. The monoisotopic (exact) mass is 317 g/mol. The Morgan fingerprint density at radius 3 is 2.50 bits per heavy atom. The highest BCUT2D eigenvalue weighted by atomic mass is 32.2. The van der Waals surface area contributed by atoms with Gasteiger partial charge in [0.15, 0.2) is 0 Å². The number of nitrogens with one attached hydrogen (secondary N) is 1. The lowest BCUT2D eigenvalue weighted by molar-refractivity contribution is 0.409. The summed E-state index contributed by atoms with van der Waals surface area (Å²) in [6, 6.07) is 4.44. The second kappa shape index (κ2) is 6.53. The summed E-state index contributed by atoms with van der Waals surface area (Å²) in [4.78, 5) is 0.0523. The number of allylic oxidation sites excluding steroid dienone is 5. The number of nitrogens with two attached hydrogens (primary N) is 1. The third-order valence-corrected chi connectivity index (χ3v) is 4.31. The summed E-state index contributed by atoms with van der Waals surface area (Å²) < 4.78 is 33.5. The number of sulfonamides is 1. The van der Waals surface area contributed by atoms with Crippen LogP contribution in [0.3, 0.4) is 0 Å². The van der Waals surface area contributed by atoms with E-state index >= 15 is 0 Å². The molecule has 0 spiro atoms. The average molecular weight is 317 g/mol. The fourth-order valence-electron chi connectivity index (χ4n) is 1.87. The number of ether oxygens (including phenoxy) is 1. The molecule has 2 rings (SSSR count). The fraction of sp³-hybridized carbons (Fsp3) is 0.133. The van der Waals surface area contributed by atoms with Crippen LogP contribution in [0.25, 0.3) is 0 Å². The van der Waals surface area contributed by atoms with Crippen molar-refractivity contribution in [1.29, 1.82) is 5.41 Å². The molecule has 0 bridgehead atoms. The van der Waals surface area contributed by atoms with Gasteiger partial charge in [0.05, 0.1) is 17.7 Å². The van der Waals surface area contributed by atoms with Crippen LogP contribution in [-0.4, -0.2) is 27.1 Å². The van der Waals surface area contributed by atoms with Crippen molar-refractivity contribution in [2.24, 2.45) is 10.1 Å². The first-order chi connectivity index (χ1) is 10.5. The number of hydrogen-bond acceptors (Lipinski definition) is 5. The molecule has 7 heteroatoms. The van der Waals surface area contributed by atoms with Crippen molar-refractivity contribution >= 4 is 21.6 Å². The fourth-order valence-corrected chi connectivity index (χ4v) is 2.91.